The van der Waals surface area contributed by atoms with E-state index in [1.807, 2.05) is 19.1 Å². The fourth-order valence-corrected chi connectivity index (χ4v) is 3.17. The first kappa shape index (κ1) is 21.1. The van der Waals surface area contributed by atoms with E-state index in [-0.39, 0.29) is 5.75 Å². The summed E-state index contributed by atoms with van der Waals surface area (Å²) in [5.74, 6) is 0.822. The number of hydrogen-bond donors (Lipinski definition) is 4. The zero-order valence-electron chi connectivity index (χ0n) is 16.1. The second kappa shape index (κ2) is 10.2. The summed E-state index contributed by atoms with van der Waals surface area (Å²) in [6.07, 6.45) is 2.37. The van der Waals surface area contributed by atoms with E-state index in [1.165, 1.54) is 7.11 Å². The Morgan fingerprint density at radius 1 is 0.852 bits per heavy atom. The SMILES string of the molecule is CCc1cc(CCC(O)CC(O)CCc2ccc(O)c(OC)c2)ccc1O. The molecular weight excluding hydrogens is 344 g/mol. The molecule has 0 saturated heterocycles. The molecule has 0 amide bonds. The Balaban J connectivity index is 1.77. The molecule has 2 aromatic rings. The largest absolute Gasteiger partial charge is 0.508 e. The number of aliphatic hydroxyl groups is 2. The summed E-state index contributed by atoms with van der Waals surface area (Å²) in [6, 6.07) is 10.7. The van der Waals surface area contributed by atoms with Crippen LogP contribution < -0.4 is 4.74 Å². The van der Waals surface area contributed by atoms with Gasteiger partial charge in [-0.05, 0) is 73.4 Å². The zero-order valence-corrected chi connectivity index (χ0v) is 16.1. The van der Waals surface area contributed by atoms with E-state index >= 15 is 0 Å². The minimum atomic E-state index is -0.592. The monoisotopic (exact) mass is 374 g/mol. The molecule has 0 saturated carbocycles. The highest BCUT2D eigenvalue weighted by Crippen LogP contribution is 2.27. The number of aliphatic hydroxyl groups excluding tert-OH is 2. The van der Waals surface area contributed by atoms with Gasteiger partial charge in [0.15, 0.2) is 11.5 Å². The minimum absolute atomic E-state index is 0.0951. The van der Waals surface area contributed by atoms with Crippen LogP contribution in [0.25, 0.3) is 0 Å². The summed E-state index contributed by atoms with van der Waals surface area (Å²) in [4.78, 5) is 0. The number of benzene rings is 2. The van der Waals surface area contributed by atoms with Gasteiger partial charge in [0, 0.05) is 0 Å². The van der Waals surface area contributed by atoms with E-state index in [9.17, 15) is 20.4 Å². The summed E-state index contributed by atoms with van der Waals surface area (Å²) >= 11 is 0. The average molecular weight is 374 g/mol. The normalized spacial score (nSPS) is 13.3. The molecule has 0 aliphatic heterocycles. The highest BCUT2D eigenvalue weighted by molar-refractivity contribution is 5.41. The van der Waals surface area contributed by atoms with Crippen LogP contribution in [0.15, 0.2) is 36.4 Å². The highest BCUT2D eigenvalue weighted by Gasteiger charge is 2.13. The molecule has 0 bridgehead atoms. The molecule has 0 aliphatic rings. The van der Waals surface area contributed by atoms with Crippen LogP contribution in [0.5, 0.6) is 17.2 Å². The van der Waals surface area contributed by atoms with Gasteiger partial charge in [0.1, 0.15) is 5.75 Å². The number of methoxy groups -OCH3 is 1. The molecule has 5 heteroatoms. The molecular formula is C22H30O5. The second-order valence-corrected chi connectivity index (χ2v) is 6.94. The van der Waals surface area contributed by atoms with Crippen molar-refractivity contribution < 1.29 is 25.2 Å². The van der Waals surface area contributed by atoms with Gasteiger partial charge in [0.25, 0.3) is 0 Å². The van der Waals surface area contributed by atoms with Gasteiger partial charge >= 0.3 is 0 Å². The Hall–Kier alpha value is -2.24. The molecule has 2 rings (SSSR count). The summed E-state index contributed by atoms with van der Waals surface area (Å²) in [5.41, 5.74) is 2.95. The average Bonchev–Trinajstić information content (AvgIpc) is 2.66. The van der Waals surface area contributed by atoms with Crippen molar-refractivity contribution in [1.29, 1.82) is 0 Å². The lowest BCUT2D eigenvalue weighted by Gasteiger charge is -2.16. The number of ether oxygens (including phenoxy) is 1. The summed E-state index contributed by atoms with van der Waals surface area (Å²) < 4.78 is 5.09. The molecule has 27 heavy (non-hydrogen) atoms. The number of hydrogen-bond acceptors (Lipinski definition) is 5. The van der Waals surface area contributed by atoms with E-state index in [0.717, 1.165) is 23.1 Å². The molecule has 0 heterocycles. The fraction of sp³-hybridized carbons (Fsp3) is 0.455. The topological polar surface area (TPSA) is 90.2 Å². The van der Waals surface area contributed by atoms with Crippen LogP contribution in [-0.4, -0.2) is 39.7 Å². The van der Waals surface area contributed by atoms with Crippen molar-refractivity contribution in [1.82, 2.24) is 0 Å². The van der Waals surface area contributed by atoms with Crippen molar-refractivity contribution >= 4 is 0 Å². The van der Waals surface area contributed by atoms with E-state index < -0.39 is 12.2 Å². The maximum Gasteiger partial charge on any atom is 0.160 e. The minimum Gasteiger partial charge on any atom is -0.508 e. The summed E-state index contributed by atoms with van der Waals surface area (Å²) in [7, 11) is 1.50. The van der Waals surface area contributed by atoms with Crippen LogP contribution in [0.2, 0.25) is 0 Å². The Bertz CT molecular complexity index is 667. The van der Waals surface area contributed by atoms with Gasteiger partial charge in [-0.15, -0.1) is 0 Å². The summed E-state index contributed by atoms with van der Waals surface area (Å²) in [6.45, 7) is 1.99. The van der Waals surface area contributed by atoms with E-state index in [0.29, 0.717) is 43.6 Å². The van der Waals surface area contributed by atoms with Gasteiger partial charge in [-0.25, -0.2) is 0 Å². The van der Waals surface area contributed by atoms with Crippen LogP contribution in [-0.2, 0) is 19.3 Å². The molecule has 2 atom stereocenters. The molecule has 2 aromatic carbocycles. The number of aromatic hydroxyl groups is 2. The van der Waals surface area contributed by atoms with Gasteiger partial charge in [-0.1, -0.05) is 25.1 Å². The lowest BCUT2D eigenvalue weighted by Crippen LogP contribution is -2.19. The Labute approximate surface area is 160 Å². The van der Waals surface area contributed by atoms with Gasteiger partial charge in [0.05, 0.1) is 19.3 Å². The van der Waals surface area contributed by atoms with Crippen LogP contribution in [0, 0.1) is 0 Å². The van der Waals surface area contributed by atoms with Gasteiger partial charge in [-0.2, -0.15) is 0 Å². The standard InChI is InChI=1S/C22H30O5/c1-3-17-12-15(6-10-20(17)25)4-8-18(23)14-19(24)9-5-16-7-11-21(26)22(13-16)27-2/h6-7,10-13,18-19,23-26H,3-5,8-9,14H2,1-2H3. The van der Waals surface area contributed by atoms with Crippen LogP contribution in [0.3, 0.4) is 0 Å². The molecule has 0 aromatic heterocycles. The van der Waals surface area contributed by atoms with Crippen molar-refractivity contribution in [3.8, 4) is 17.2 Å². The van der Waals surface area contributed by atoms with Crippen molar-refractivity contribution in [3.05, 3.63) is 53.1 Å². The molecule has 4 N–H and O–H groups in total. The van der Waals surface area contributed by atoms with E-state index in [4.69, 9.17) is 4.74 Å². The molecule has 5 nitrogen and oxygen atoms in total. The molecule has 0 spiro atoms. The fourth-order valence-electron chi connectivity index (χ4n) is 3.17. The van der Waals surface area contributed by atoms with Crippen molar-refractivity contribution in [2.24, 2.45) is 0 Å². The predicted octanol–water partition coefficient (Wildman–Crippen LogP) is 3.35. The van der Waals surface area contributed by atoms with Gasteiger partial charge < -0.3 is 25.2 Å². The maximum absolute atomic E-state index is 10.2. The molecule has 2 unspecified atom stereocenters. The second-order valence-electron chi connectivity index (χ2n) is 6.94. The maximum atomic E-state index is 10.2. The third kappa shape index (κ3) is 6.45. The van der Waals surface area contributed by atoms with Crippen molar-refractivity contribution in [3.63, 3.8) is 0 Å². The van der Waals surface area contributed by atoms with E-state index in [1.54, 1.807) is 24.3 Å². The smallest absolute Gasteiger partial charge is 0.160 e. The number of phenolic OH excluding ortho intramolecular Hbond substituents is 2. The third-order valence-corrected chi connectivity index (χ3v) is 4.85. The molecule has 148 valence electrons. The van der Waals surface area contributed by atoms with E-state index in [2.05, 4.69) is 0 Å². The highest BCUT2D eigenvalue weighted by atomic mass is 16.5. The van der Waals surface area contributed by atoms with Gasteiger partial charge in [0.2, 0.25) is 0 Å². The third-order valence-electron chi connectivity index (χ3n) is 4.85. The van der Waals surface area contributed by atoms with Crippen molar-refractivity contribution in [2.45, 2.75) is 57.7 Å². The first-order valence-corrected chi connectivity index (χ1v) is 9.45. The lowest BCUT2D eigenvalue weighted by molar-refractivity contribution is 0.0714. The Morgan fingerprint density at radius 3 is 1.96 bits per heavy atom. The zero-order chi connectivity index (χ0) is 19.8. The first-order valence-electron chi connectivity index (χ1n) is 9.45. The predicted molar refractivity (Wildman–Crippen MR) is 105 cm³/mol. The Morgan fingerprint density at radius 2 is 1.41 bits per heavy atom. The van der Waals surface area contributed by atoms with Gasteiger partial charge in [-0.3, -0.25) is 0 Å². The van der Waals surface area contributed by atoms with Crippen LogP contribution in [0.4, 0.5) is 0 Å². The number of aryl methyl sites for hydroxylation is 3. The van der Waals surface area contributed by atoms with Crippen LogP contribution in [0.1, 0.15) is 42.9 Å². The first-order chi connectivity index (χ1) is 12.9. The van der Waals surface area contributed by atoms with Crippen molar-refractivity contribution in [2.75, 3.05) is 7.11 Å². The molecule has 0 aliphatic carbocycles. The molecule has 0 radical (unpaired) electrons. The quantitative estimate of drug-likeness (QED) is 0.512. The number of rotatable bonds is 10. The van der Waals surface area contributed by atoms with Crippen LogP contribution >= 0.6 is 0 Å². The Kier molecular flexibility index (Phi) is 7.95. The molecule has 0 fully saturated rings. The lowest BCUT2D eigenvalue weighted by atomic mass is 9.98. The number of phenols is 2. The summed E-state index contributed by atoms with van der Waals surface area (Å²) in [5, 5.41) is 39.8.